The number of carbonyl (C=O) groups is 1. The Morgan fingerprint density at radius 3 is 2.22 bits per heavy atom. The van der Waals surface area contributed by atoms with E-state index in [1.165, 1.54) is 18.2 Å². The molecule has 27 heavy (non-hydrogen) atoms. The van der Waals surface area contributed by atoms with E-state index in [2.05, 4.69) is 5.32 Å². The molecule has 2 N–H and O–H groups in total. The number of aromatic hydroxyl groups is 1. The third-order valence-electron chi connectivity index (χ3n) is 4.42. The van der Waals surface area contributed by atoms with Crippen LogP contribution >= 0.6 is 0 Å². The summed E-state index contributed by atoms with van der Waals surface area (Å²) in [5.74, 6) is -0.00288. The molecule has 2 rings (SSSR count). The van der Waals surface area contributed by atoms with Gasteiger partial charge in [-0.15, -0.1) is 0 Å². The zero-order valence-electron chi connectivity index (χ0n) is 16.5. The fourth-order valence-electron chi connectivity index (χ4n) is 3.18. The molecule has 0 saturated carbocycles. The minimum atomic E-state index is -3.75. The summed E-state index contributed by atoms with van der Waals surface area (Å²) in [5, 5.41) is 12.8. The first kappa shape index (κ1) is 21.0. The van der Waals surface area contributed by atoms with Crippen molar-refractivity contribution in [2.45, 2.75) is 63.2 Å². The summed E-state index contributed by atoms with van der Waals surface area (Å²) in [7, 11) is -3.75. The number of carbonyl (C=O) groups excluding carboxylic acids is 1. The molecule has 0 bridgehead atoms. The third-order valence-corrected chi connectivity index (χ3v) is 6.48. The summed E-state index contributed by atoms with van der Waals surface area (Å²) in [6.45, 7) is 9.17. The van der Waals surface area contributed by atoms with Gasteiger partial charge in [-0.1, -0.05) is 20.8 Å². The van der Waals surface area contributed by atoms with Gasteiger partial charge in [0.05, 0.1) is 9.79 Å². The Morgan fingerprint density at radius 2 is 1.70 bits per heavy atom. The number of hydrogen-bond acceptors (Lipinski definition) is 4. The van der Waals surface area contributed by atoms with Crippen LogP contribution in [0.15, 0.2) is 40.1 Å². The van der Waals surface area contributed by atoms with E-state index in [0.29, 0.717) is 28.8 Å². The van der Waals surface area contributed by atoms with E-state index in [0.717, 1.165) is 6.42 Å². The standard InChI is InChI=1S/C21H27NO4S/c1-6-7-20(24)22-16-10-14(4)21(15(5)11-16)27(25,26)17-8-9-19(23)18(12-17)13(2)3/h8-13,23H,6-7H2,1-5H3,(H,22,24). The van der Waals surface area contributed by atoms with E-state index in [1.807, 2.05) is 20.8 Å². The highest BCUT2D eigenvalue weighted by Gasteiger charge is 2.24. The van der Waals surface area contributed by atoms with Crippen molar-refractivity contribution < 1.29 is 18.3 Å². The summed E-state index contributed by atoms with van der Waals surface area (Å²) in [6, 6.07) is 7.73. The summed E-state index contributed by atoms with van der Waals surface area (Å²) in [6.07, 6.45) is 1.17. The molecule has 0 atom stereocenters. The Morgan fingerprint density at radius 1 is 1.11 bits per heavy atom. The smallest absolute Gasteiger partial charge is 0.224 e. The van der Waals surface area contributed by atoms with Crippen molar-refractivity contribution in [1.82, 2.24) is 0 Å². The van der Waals surface area contributed by atoms with Crippen LogP contribution in [0, 0.1) is 13.8 Å². The van der Waals surface area contributed by atoms with Crippen molar-refractivity contribution in [1.29, 1.82) is 0 Å². The molecule has 1 amide bonds. The number of amides is 1. The van der Waals surface area contributed by atoms with E-state index >= 15 is 0 Å². The van der Waals surface area contributed by atoms with Gasteiger partial charge < -0.3 is 10.4 Å². The van der Waals surface area contributed by atoms with Crippen molar-refractivity contribution in [3.05, 3.63) is 47.0 Å². The van der Waals surface area contributed by atoms with Crippen LogP contribution in [0.3, 0.4) is 0 Å². The van der Waals surface area contributed by atoms with Crippen molar-refractivity contribution in [2.75, 3.05) is 5.32 Å². The average molecular weight is 390 g/mol. The zero-order chi connectivity index (χ0) is 20.4. The van der Waals surface area contributed by atoms with Gasteiger partial charge in [0.2, 0.25) is 15.7 Å². The van der Waals surface area contributed by atoms with E-state index in [4.69, 9.17) is 0 Å². The lowest BCUT2D eigenvalue weighted by molar-refractivity contribution is -0.116. The van der Waals surface area contributed by atoms with E-state index < -0.39 is 9.84 Å². The number of hydrogen-bond donors (Lipinski definition) is 2. The van der Waals surface area contributed by atoms with E-state index in [-0.39, 0.29) is 27.4 Å². The quantitative estimate of drug-likeness (QED) is 0.750. The summed E-state index contributed by atoms with van der Waals surface area (Å²) >= 11 is 0. The molecule has 0 aliphatic heterocycles. The lowest BCUT2D eigenvalue weighted by Gasteiger charge is -2.16. The average Bonchev–Trinajstić information content (AvgIpc) is 2.53. The Hall–Kier alpha value is -2.34. The molecule has 0 heterocycles. The molecule has 6 heteroatoms. The molecular formula is C21H27NO4S. The minimum absolute atomic E-state index is 0.00139. The molecule has 0 aliphatic rings. The van der Waals surface area contributed by atoms with Gasteiger partial charge in [0, 0.05) is 12.1 Å². The van der Waals surface area contributed by atoms with Crippen LogP contribution in [0.5, 0.6) is 5.75 Å². The van der Waals surface area contributed by atoms with Crippen LogP contribution < -0.4 is 5.32 Å². The lowest BCUT2D eigenvalue weighted by atomic mass is 10.0. The topological polar surface area (TPSA) is 83.5 Å². The lowest BCUT2D eigenvalue weighted by Crippen LogP contribution is -2.12. The van der Waals surface area contributed by atoms with Crippen molar-refractivity contribution in [3.63, 3.8) is 0 Å². The monoisotopic (exact) mass is 389 g/mol. The van der Waals surface area contributed by atoms with Crippen LogP contribution in [0.1, 0.15) is 56.2 Å². The van der Waals surface area contributed by atoms with E-state index in [1.54, 1.807) is 26.0 Å². The first-order valence-corrected chi connectivity index (χ1v) is 10.5. The normalized spacial score (nSPS) is 11.6. The van der Waals surface area contributed by atoms with Crippen LogP contribution in [-0.2, 0) is 14.6 Å². The molecule has 0 aromatic heterocycles. The minimum Gasteiger partial charge on any atom is -0.508 e. The summed E-state index contributed by atoms with van der Waals surface area (Å²) in [5.41, 5.74) is 2.33. The zero-order valence-corrected chi connectivity index (χ0v) is 17.3. The molecule has 146 valence electrons. The highest BCUT2D eigenvalue weighted by molar-refractivity contribution is 7.91. The number of nitrogens with one attached hydrogen (secondary N) is 1. The number of phenols is 1. The van der Waals surface area contributed by atoms with Gasteiger partial charge in [-0.2, -0.15) is 0 Å². The summed E-state index contributed by atoms with van der Waals surface area (Å²) < 4.78 is 26.5. The molecule has 0 aliphatic carbocycles. The number of sulfone groups is 1. The second-order valence-electron chi connectivity index (χ2n) is 7.12. The van der Waals surface area contributed by atoms with Crippen LogP contribution in [-0.4, -0.2) is 19.4 Å². The van der Waals surface area contributed by atoms with Crippen molar-refractivity contribution >= 4 is 21.4 Å². The van der Waals surface area contributed by atoms with Gasteiger partial charge in [-0.25, -0.2) is 8.42 Å². The van der Waals surface area contributed by atoms with Gasteiger partial charge in [0.25, 0.3) is 0 Å². The molecule has 0 saturated heterocycles. The second kappa shape index (κ2) is 8.13. The predicted molar refractivity (Wildman–Crippen MR) is 107 cm³/mol. The maximum atomic E-state index is 13.2. The van der Waals surface area contributed by atoms with Gasteiger partial charge in [0.1, 0.15) is 5.75 Å². The maximum absolute atomic E-state index is 13.2. The van der Waals surface area contributed by atoms with Gasteiger partial charge >= 0.3 is 0 Å². The number of phenolic OH excluding ortho intramolecular Hbond substituents is 1. The van der Waals surface area contributed by atoms with Gasteiger partial charge in [0.15, 0.2) is 0 Å². The molecule has 5 nitrogen and oxygen atoms in total. The summed E-state index contributed by atoms with van der Waals surface area (Å²) in [4.78, 5) is 12.2. The molecule has 0 fully saturated rings. The highest BCUT2D eigenvalue weighted by Crippen LogP contribution is 2.33. The first-order valence-electron chi connectivity index (χ1n) is 9.07. The predicted octanol–water partition coefficient (Wildman–Crippen LogP) is 4.70. The van der Waals surface area contributed by atoms with Crippen LogP contribution in [0.4, 0.5) is 5.69 Å². The molecule has 0 radical (unpaired) electrons. The van der Waals surface area contributed by atoms with Crippen LogP contribution in [0.2, 0.25) is 0 Å². The third kappa shape index (κ3) is 4.50. The van der Waals surface area contributed by atoms with Gasteiger partial charge in [-0.05, 0) is 73.2 Å². The van der Waals surface area contributed by atoms with E-state index in [9.17, 15) is 18.3 Å². The fraction of sp³-hybridized carbons (Fsp3) is 0.381. The second-order valence-corrected chi connectivity index (χ2v) is 9.00. The number of aryl methyl sites for hydroxylation is 2. The molecule has 2 aromatic rings. The Labute approximate surface area is 161 Å². The number of rotatable bonds is 6. The molecule has 0 spiro atoms. The molecule has 2 aromatic carbocycles. The SMILES string of the molecule is CCCC(=O)Nc1cc(C)c(S(=O)(=O)c2ccc(O)c(C(C)C)c2)c(C)c1. The first-order chi connectivity index (χ1) is 12.6. The van der Waals surface area contributed by atoms with Crippen LogP contribution in [0.25, 0.3) is 0 Å². The Bertz CT molecular complexity index is 939. The maximum Gasteiger partial charge on any atom is 0.224 e. The molecular weight excluding hydrogens is 362 g/mol. The van der Waals surface area contributed by atoms with Gasteiger partial charge in [-0.3, -0.25) is 4.79 Å². The highest BCUT2D eigenvalue weighted by atomic mass is 32.2. The Kier molecular flexibility index (Phi) is 6.31. The molecule has 0 unspecified atom stereocenters. The van der Waals surface area contributed by atoms with Crippen molar-refractivity contribution in [2.24, 2.45) is 0 Å². The fourth-order valence-corrected chi connectivity index (χ4v) is 4.91. The van der Waals surface area contributed by atoms with Crippen molar-refractivity contribution in [3.8, 4) is 5.75 Å². The number of benzene rings is 2. The number of anilines is 1. The Balaban J connectivity index is 2.51. The largest absolute Gasteiger partial charge is 0.508 e.